The molecule has 2 aromatic heterocycles. The van der Waals surface area contributed by atoms with Crippen molar-refractivity contribution in [3.05, 3.63) is 77.3 Å². The van der Waals surface area contributed by atoms with Gasteiger partial charge in [-0.2, -0.15) is 0 Å². The van der Waals surface area contributed by atoms with E-state index in [0.717, 1.165) is 33.2 Å². The van der Waals surface area contributed by atoms with Crippen LogP contribution in [0.4, 0.5) is 15.2 Å². The van der Waals surface area contributed by atoms with Crippen LogP contribution in [-0.2, 0) is 5.75 Å². The van der Waals surface area contributed by atoms with Gasteiger partial charge in [-0.3, -0.25) is 9.47 Å². The molecule has 2 heterocycles. The molecule has 0 spiro atoms. The summed E-state index contributed by atoms with van der Waals surface area (Å²) in [5.74, 6) is 1.20. The number of hydrogen-bond acceptors (Lipinski definition) is 7. The smallest absolute Gasteiger partial charge is 0.196 e. The highest BCUT2D eigenvalue weighted by Crippen LogP contribution is 2.30. The Morgan fingerprint density at radius 3 is 2.55 bits per heavy atom. The minimum atomic E-state index is -0.269. The molecule has 160 valence electrons. The second-order valence-corrected chi connectivity index (χ2v) is 9.02. The van der Waals surface area contributed by atoms with Crippen LogP contribution in [0.1, 0.15) is 24.5 Å². The number of thiazole rings is 1. The van der Waals surface area contributed by atoms with E-state index in [1.54, 1.807) is 35.2 Å². The zero-order valence-corrected chi connectivity index (χ0v) is 19.1. The first kappa shape index (κ1) is 21.5. The van der Waals surface area contributed by atoms with Gasteiger partial charge in [0, 0.05) is 22.5 Å². The van der Waals surface area contributed by atoms with E-state index in [9.17, 15) is 4.39 Å². The number of rotatable bonds is 8. The van der Waals surface area contributed by atoms with Crippen molar-refractivity contribution < 1.29 is 4.39 Å². The molecule has 0 aliphatic carbocycles. The van der Waals surface area contributed by atoms with Crippen molar-refractivity contribution in [1.82, 2.24) is 24.6 Å². The zero-order chi connectivity index (χ0) is 21.8. The molecule has 1 atom stereocenters. The molecule has 0 aliphatic rings. The van der Waals surface area contributed by atoms with E-state index in [2.05, 4.69) is 32.3 Å². The molecule has 4 rings (SSSR count). The maximum atomic E-state index is 13.5. The quantitative estimate of drug-likeness (QED) is 0.354. The summed E-state index contributed by atoms with van der Waals surface area (Å²) in [5.41, 5.74) is 2.81. The first-order valence-corrected chi connectivity index (χ1v) is 11.6. The summed E-state index contributed by atoms with van der Waals surface area (Å²) in [6.45, 7) is 2.07. The van der Waals surface area contributed by atoms with Crippen molar-refractivity contribution in [2.24, 2.45) is 0 Å². The van der Waals surface area contributed by atoms with E-state index in [-0.39, 0.29) is 11.9 Å². The average Bonchev–Trinajstić information content (AvgIpc) is 3.40. The predicted molar refractivity (Wildman–Crippen MR) is 125 cm³/mol. The van der Waals surface area contributed by atoms with Crippen LogP contribution >= 0.6 is 23.1 Å². The van der Waals surface area contributed by atoms with Crippen LogP contribution in [0.15, 0.2) is 65.1 Å². The minimum absolute atomic E-state index is 0.0489. The number of hydrogen-bond donors (Lipinski definition) is 1. The van der Waals surface area contributed by atoms with Crippen LogP contribution in [0.2, 0.25) is 0 Å². The lowest BCUT2D eigenvalue weighted by molar-refractivity contribution is 0.305. The molecule has 1 unspecified atom stereocenters. The third-order valence-corrected chi connectivity index (χ3v) is 6.59. The predicted octanol–water partition coefficient (Wildman–Crippen LogP) is 5.52. The highest BCUT2D eigenvalue weighted by atomic mass is 32.2. The normalized spacial score (nSPS) is 12.3. The van der Waals surface area contributed by atoms with Gasteiger partial charge in [0.05, 0.1) is 11.7 Å². The lowest BCUT2D eigenvalue weighted by Gasteiger charge is -2.20. The van der Waals surface area contributed by atoms with E-state index in [1.165, 1.54) is 12.1 Å². The number of nitrogens with zero attached hydrogens (tertiary/aromatic N) is 5. The van der Waals surface area contributed by atoms with Crippen LogP contribution in [0, 0.1) is 5.82 Å². The van der Waals surface area contributed by atoms with Gasteiger partial charge >= 0.3 is 0 Å². The molecule has 0 amide bonds. The van der Waals surface area contributed by atoms with Crippen LogP contribution < -0.4 is 5.32 Å². The number of nitrogens with one attached hydrogen (secondary N) is 1. The first-order chi connectivity index (χ1) is 15.0. The van der Waals surface area contributed by atoms with Gasteiger partial charge in [0.2, 0.25) is 0 Å². The van der Waals surface area contributed by atoms with Crippen molar-refractivity contribution in [3.63, 3.8) is 0 Å². The number of halogens is 1. The van der Waals surface area contributed by atoms with Gasteiger partial charge in [-0.15, -0.1) is 21.5 Å². The molecular formula is C22H23FN6S2. The van der Waals surface area contributed by atoms with E-state index in [0.29, 0.717) is 5.75 Å². The maximum absolute atomic E-state index is 13.5. The van der Waals surface area contributed by atoms with Crippen molar-refractivity contribution in [2.75, 3.05) is 19.4 Å². The van der Waals surface area contributed by atoms with Gasteiger partial charge in [0.15, 0.2) is 16.1 Å². The fourth-order valence-corrected chi connectivity index (χ4v) is 4.61. The van der Waals surface area contributed by atoms with E-state index >= 15 is 0 Å². The average molecular weight is 455 g/mol. The van der Waals surface area contributed by atoms with Gasteiger partial charge < -0.3 is 5.32 Å². The van der Waals surface area contributed by atoms with Crippen LogP contribution in [0.3, 0.4) is 0 Å². The van der Waals surface area contributed by atoms with Gasteiger partial charge in [-0.25, -0.2) is 9.37 Å². The van der Waals surface area contributed by atoms with Gasteiger partial charge in [0.1, 0.15) is 5.82 Å². The summed E-state index contributed by atoms with van der Waals surface area (Å²) in [6, 6.07) is 16.4. The fourth-order valence-electron chi connectivity index (χ4n) is 2.92. The summed E-state index contributed by atoms with van der Waals surface area (Å²) in [6.07, 6.45) is 0. The highest BCUT2D eigenvalue weighted by Gasteiger charge is 2.21. The van der Waals surface area contributed by atoms with Crippen LogP contribution in [0.5, 0.6) is 0 Å². The molecule has 0 bridgehead atoms. The molecule has 9 heteroatoms. The third-order valence-electron chi connectivity index (χ3n) is 4.82. The molecule has 2 aromatic carbocycles. The van der Waals surface area contributed by atoms with Crippen molar-refractivity contribution in [2.45, 2.75) is 23.9 Å². The van der Waals surface area contributed by atoms with E-state index in [1.807, 2.05) is 54.4 Å². The lowest BCUT2D eigenvalue weighted by Crippen LogP contribution is -2.20. The number of thioether (sulfide) groups is 1. The molecule has 0 saturated heterocycles. The Kier molecular flexibility index (Phi) is 6.64. The first-order valence-electron chi connectivity index (χ1n) is 9.78. The summed E-state index contributed by atoms with van der Waals surface area (Å²) in [7, 11) is 4.00. The second-order valence-electron chi connectivity index (χ2n) is 7.22. The molecule has 4 aromatic rings. The largest absolute Gasteiger partial charge is 0.332 e. The molecule has 1 N–H and O–H groups in total. The summed E-state index contributed by atoms with van der Waals surface area (Å²) < 4.78 is 15.5. The monoisotopic (exact) mass is 454 g/mol. The number of anilines is 2. The van der Waals surface area contributed by atoms with Gasteiger partial charge in [-0.05, 0) is 57.4 Å². The number of para-hydroxylation sites is 1. The van der Waals surface area contributed by atoms with Gasteiger partial charge in [0.25, 0.3) is 0 Å². The van der Waals surface area contributed by atoms with Crippen LogP contribution in [0.25, 0.3) is 5.69 Å². The van der Waals surface area contributed by atoms with E-state index in [4.69, 9.17) is 0 Å². The molecule has 0 saturated carbocycles. The summed E-state index contributed by atoms with van der Waals surface area (Å²) in [5, 5.41) is 15.8. The van der Waals surface area contributed by atoms with Gasteiger partial charge in [-0.1, -0.05) is 30.0 Å². The minimum Gasteiger partial charge on any atom is -0.332 e. The molecule has 0 radical (unpaired) electrons. The Morgan fingerprint density at radius 2 is 1.84 bits per heavy atom. The Balaban J connectivity index is 1.54. The second kappa shape index (κ2) is 9.59. The topological polar surface area (TPSA) is 58.9 Å². The third kappa shape index (κ3) is 5.12. The standard InChI is InChI=1S/C22H23FN6S2/c1-15(28(2)3)20-26-27-22(29(20)19-11-9-16(23)10-12-19)31-14-18-13-30-21(25-18)24-17-7-5-4-6-8-17/h4-13,15H,14H2,1-3H3,(H,24,25). The summed E-state index contributed by atoms with van der Waals surface area (Å²) in [4.78, 5) is 6.75. The molecule has 0 fully saturated rings. The Morgan fingerprint density at radius 1 is 1.10 bits per heavy atom. The van der Waals surface area contributed by atoms with Crippen molar-refractivity contribution in [1.29, 1.82) is 0 Å². The maximum Gasteiger partial charge on any atom is 0.196 e. The van der Waals surface area contributed by atoms with Crippen LogP contribution in [-0.4, -0.2) is 38.7 Å². The fraction of sp³-hybridized carbons (Fsp3) is 0.227. The molecule has 0 aliphatic heterocycles. The van der Waals surface area contributed by atoms with E-state index < -0.39 is 0 Å². The Labute approximate surface area is 189 Å². The zero-order valence-electron chi connectivity index (χ0n) is 17.5. The SMILES string of the molecule is CC(c1nnc(SCc2csc(Nc3ccccc3)n2)n1-c1ccc(F)cc1)N(C)C. The summed E-state index contributed by atoms with van der Waals surface area (Å²) >= 11 is 3.13. The number of aromatic nitrogens is 4. The number of benzene rings is 2. The molecule has 6 nitrogen and oxygen atoms in total. The molecule has 31 heavy (non-hydrogen) atoms. The highest BCUT2D eigenvalue weighted by molar-refractivity contribution is 7.98. The Hall–Kier alpha value is -2.75. The lowest BCUT2D eigenvalue weighted by atomic mass is 10.2. The Bertz CT molecular complexity index is 1120. The molecular weight excluding hydrogens is 431 g/mol. The van der Waals surface area contributed by atoms with Crippen molar-refractivity contribution >= 4 is 33.9 Å². The van der Waals surface area contributed by atoms with Crippen molar-refractivity contribution in [3.8, 4) is 5.69 Å².